The second kappa shape index (κ2) is 7.83. The number of imidazole rings is 1. The number of ether oxygens (including phenoxy) is 1. The zero-order valence-electron chi connectivity index (χ0n) is 15.7. The van der Waals surface area contributed by atoms with E-state index in [1.165, 1.54) is 16.6 Å². The molecular formula is C22H28N2O. The van der Waals surface area contributed by atoms with E-state index in [4.69, 9.17) is 9.72 Å². The van der Waals surface area contributed by atoms with Crippen molar-refractivity contribution >= 4 is 11.0 Å². The van der Waals surface area contributed by atoms with Gasteiger partial charge < -0.3 is 9.30 Å². The van der Waals surface area contributed by atoms with Gasteiger partial charge in [0, 0.05) is 19.6 Å². The van der Waals surface area contributed by atoms with Crippen LogP contribution in [0.15, 0.2) is 48.5 Å². The number of rotatable bonds is 7. The molecule has 132 valence electrons. The molecule has 0 radical (unpaired) electrons. The third kappa shape index (κ3) is 3.93. The lowest BCUT2D eigenvalue weighted by Crippen LogP contribution is -2.11. The van der Waals surface area contributed by atoms with Crippen molar-refractivity contribution in [2.24, 2.45) is 5.92 Å². The Morgan fingerprint density at radius 3 is 2.40 bits per heavy atom. The largest absolute Gasteiger partial charge is 0.383 e. The zero-order chi connectivity index (χ0) is 17.8. The van der Waals surface area contributed by atoms with Crippen LogP contribution in [0.2, 0.25) is 0 Å². The molecule has 1 heterocycles. The molecule has 2 aromatic carbocycles. The molecule has 1 atom stereocenters. The molecule has 0 aliphatic rings. The second-order valence-electron chi connectivity index (χ2n) is 7.16. The van der Waals surface area contributed by atoms with Crippen molar-refractivity contribution in [1.29, 1.82) is 0 Å². The van der Waals surface area contributed by atoms with Crippen molar-refractivity contribution in [2.45, 2.75) is 39.7 Å². The fourth-order valence-electron chi connectivity index (χ4n) is 3.41. The van der Waals surface area contributed by atoms with Crippen LogP contribution in [0.1, 0.15) is 43.6 Å². The van der Waals surface area contributed by atoms with E-state index >= 15 is 0 Å². The minimum absolute atomic E-state index is 0.248. The molecule has 3 aromatic rings. The van der Waals surface area contributed by atoms with Gasteiger partial charge in [0.1, 0.15) is 5.82 Å². The molecule has 0 N–H and O–H groups in total. The number of benzene rings is 2. The lowest BCUT2D eigenvalue weighted by Gasteiger charge is -2.16. The van der Waals surface area contributed by atoms with Gasteiger partial charge in [-0.25, -0.2) is 4.98 Å². The van der Waals surface area contributed by atoms with E-state index < -0.39 is 0 Å². The Morgan fingerprint density at radius 2 is 1.72 bits per heavy atom. The summed E-state index contributed by atoms with van der Waals surface area (Å²) in [6, 6.07) is 17.4. The summed E-state index contributed by atoms with van der Waals surface area (Å²) in [5.41, 5.74) is 4.94. The van der Waals surface area contributed by atoms with Crippen molar-refractivity contribution in [3.63, 3.8) is 0 Å². The van der Waals surface area contributed by atoms with Crippen molar-refractivity contribution < 1.29 is 4.74 Å². The van der Waals surface area contributed by atoms with Gasteiger partial charge in [0.15, 0.2) is 0 Å². The molecule has 0 aliphatic heterocycles. The molecule has 0 spiro atoms. The van der Waals surface area contributed by atoms with Crippen LogP contribution in [-0.2, 0) is 17.7 Å². The lowest BCUT2D eigenvalue weighted by molar-refractivity contribution is 0.187. The highest BCUT2D eigenvalue weighted by atomic mass is 16.5. The number of fused-ring (bicyclic) bond motifs is 1. The number of nitrogens with zero attached hydrogens (tertiary/aromatic N) is 2. The van der Waals surface area contributed by atoms with Crippen molar-refractivity contribution in [3.8, 4) is 0 Å². The third-order valence-corrected chi connectivity index (χ3v) is 4.71. The molecule has 25 heavy (non-hydrogen) atoms. The Balaban J connectivity index is 1.94. The van der Waals surface area contributed by atoms with Crippen LogP contribution in [0.4, 0.5) is 0 Å². The first-order valence-corrected chi connectivity index (χ1v) is 9.13. The van der Waals surface area contributed by atoms with Gasteiger partial charge in [-0.1, -0.05) is 57.2 Å². The van der Waals surface area contributed by atoms with Crippen LogP contribution in [0, 0.1) is 5.92 Å². The van der Waals surface area contributed by atoms with Crippen LogP contribution >= 0.6 is 0 Å². The minimum Gasteiger partial charge on any atom is -0.383 e. The number of hydrogen-bond acceptors (Lipinski definition) is 2. The Kier molecular flexibility index (Phi) is 5.54. The average Bonchev–Trinajstić information content (AvgIpc) is 2.98. The van der Waals surface area contributed by atoms with Crippen LogP contribution in [0.3, 0.4) is 0 Å². The van der Waals surface area contributed by atoms with Gasteiger partial charge >= 0.3 is 0 Å². The summed E-state index contributed by atoms with van der Waals surface area (Å²) in [6.07, 6.45) is 1.13. The second-order valence-corrected chi connectivity index (χ2v) is 7.16. The molecular weight excluding hydrogens is 308 g/mol. The van der Waals surface area contributed by atoms with E-state index in [1.807, 2.05) is 6.07 Å². The molecule has 1 aromatic heterocycles. The fraction of sp³-hybridized carbons (Fsp3) is 0.409. The van der Waals surface area contributed by atoms with E-state index in [-0.39, 0.29) is 5.92 Å². The molecule has 3 rings (SSSR count). The highest BCUT2D eigenvalue weighted by Crippen LogP contribution is 2.27. The van der Waals surface area contributed by atoms with Gasteiger partial charge in [0.2, 0.25) is 0 Å². The molecule has 0 unspecified atom stereocenters. The summed E-state index contributed by atoms with van der Waals surface area (Å²) in [5, 5.41) is 0. The van der Waals surface area contributed by atoms with Crippen molar-refractivity contribution in [3.05, 3.63) is 65.5 Å². The third-order valence-electron chi connectivity index (χ3n) is 4.71. The molecule has 0 fully saturated rings. The van der Waals surface area contributed by atoms with Gasteiger partial charge in [0.05, 0.1) is 17.6 Å². The number of methoxy groups -OCH3 is 1. The fourth-order valence-corrected chi connectivity index (χ4v) is 3.41. The SMILES string of the molecule is COCCn1c([C@@H](C)c2ccc(CC(C)C)cc2)nc2ccccc21. The van der Waals surface area contributed by atoms with Crippen LogP contribution in [0.5, 0.6) is 0 Å². The van der Waals surface area contributed by atoms with Crippen LogP contribution in [0.25, 0.3) is 11.0 Å². The Bertz CT molecular complexity index is 818. The maximum atomic E-state index is 5.31. The first kappa shape index (κ1) is 17.7. The van der Waals surface area contributed by atoms with Gasteiger partial charge in [-0.15, -0.1) is 0 Å². The Hall–Kier alpha value is -2.13. The normalized spacial score (nSPS) is 12.8. The molecule has 0 bridgehead atoms. The summed E-state index contributed by atoms with van der Waals surface area (Å²) < 4.78 is 7.61. The maximum Gasteiger partial charge on any atom is 0.117 e. The van der Waals surface area contributed by atoms with E-state index in [2.05, 4.69) is 67.8 Å². The van der Waals surface area contributed by atoms with E-state index in [9.17, 15) is 0 Å². The lowest BCUT2D eigenvalue weighted by atomic mass is 9.96. The predicted octanol–water partition coefficient (Wildman–Crippen LogP) is 5.03. The van der Waals surface area contributed by atoms with Crippen LogP contribution in [-0.4, -0.2) is 23.3 Å². The summed E-state index contributed by atoms with van der Waals surface area (Å²) in [6.45, 7) is 8.26. The summed E-state index contributed by atoms with van der Waals surface area (Å²) in [7, 11) is 1.75. The quantitative estimate of drug-likeness (QED) is 0.605. The first-order valence-electron chi connectivity index (χ1n) is 9.13. The highest BCUT2D eigenvalue weighted by molar-refractivity contribution is 5.76. The van der Waals surface area contributed by atoms with E-state index in [0.29, 0.717) is 12.5 Å². The van der Waals surface area contributed by atoms with E-state index in [1.54, 1.807) is 7.11 Å². The van der Waals surface area contributed by atoms with E-state index in [0.717, 1.165) is 24.3 Å². The van der Waals surface area contributed by atoms with Gasteiger partial charge in [-0.2, -0.15) is 0 Å². The Labute approximate surface area is 150 Å². The molecule has 0 amide bonds. The molecule has 3 heteroatoms. The summed E-state index contributed by atoms with van der Waals surface area (Å²) >= 11 is 0. The summed E-state index contributed by atoms with van der Waals surface area (Å²) in [4.78, 5) is 4.92. The molecule has 0 aliphatic carbocycles. The molecule has 0 saturated heterocycles. The maximum absolute atomic E-state index is 5.31. The number of aromatic nitrogens is 2. The topological polar surface area (TPSA) is 27.1 Å². The van der Waals surface area contributed by atoms with Gasteiger partial charge in [-0.05, 0) is 35.6 Å². The Morgan fingerprint density at radius 1 is 1.00 bits per heavy atom. The smallest absolute Gasteiger partial charge is 0.117 e. The monoisotopic (exact) mass is 336 g/mol. The van der Waals surface area contributed by atoms with Crippen molar-refractivity contribution in [1.82, 2.24) is 9.55 Å². The first-order chi connectivity index (χ1) is 12.1. The number of hydrogen-bond donors (Lipinski definition) is 0. The van der Waals surface area contributed by atoms with Crippen LogP contribution < -0.4 is 0 Å². The van der Waals surface area contributed by atoms with Gasteiger partial charge in [-0.3, -0.25) is 0 Å². The standard InChI is InChI=1S/C22H28N2O/c1-16(2)15-18-9-11-19(12-10-18)17(3)22-23-20-7-5-6-8-21(20)24(22)13-14-25-4/h5-12,16-17H,13-15H2,1-4H3/t17-/m0/s1. The number of para-hydroxylation sites is 2. The summed E-state index contributed by atoms with van der Waals surface area (Å²) in [5.74, 6) is 2.04. The molecule has 0 saturated carbocycles. The van der Waals surface area contributed by atoms with Gasteiger partial charge in [0.25, 0.3) is 0 Å². The van der Waals surface area contributed by atoms with Crippen molar-refractivity contribution in [2.75, 3.05) is 13.7 Å². The predicted molar refractivity (Wildman–Crippen MR) is 104 cm³/mol. The highest BCUT2D eigenvalue weighted by Gasteiger charge is 2.18. The minimum atomic E-state index is 0.248. The zero-order valence-corrected chi connectivity index (χ0v) is 15.7. The molecule has 3 nitrogen and oxygen atoms in total. The average molecular weight is 336 g/mol.